The minimum absolute atomic E-state index is 0.626. The van der Waals surface area contributed by atoms with E-state index in [9.17, 15) is 0 Å². The molecule has 0 amide bonds. The van der Waals surface area contributed by atoms with Crippen LogP contribution in [0.3, 0.4) is 0 Å². The third-order valence-electron chi connectivity index (χ3n) is 9.45. The predicted molar refractivity (Wildman–Crippen MR) is 207 cm³/mol. The van der Waals surface area contributed by atoms with Crippen LogP contribution in [0.25, 0.3) is 75.4 Å². The molecule has 8 aromatic carbocycles. The molecule has 0 saturated carbocycles. The Labute approximate surface area is 286 Å². The van der Waals surface area contributed by atoms with Crippen LogP contribution in [0.2, 0.25) is 0 Å². The summed E-state index contributed by atoms with van der Waals surface area (Å²) in [6, 6.07) is 60.3. The lowest BCUT2D eigenvalue weighted by Crippen LogP contribution is -2.09. The number of oxazole rings is 1. The predicted octanol–water partition coefficient (Wildman–Crippen LogP) is 13.3. The third-order valence-corrected chi connectivity index (χ3v) is 10.6. The summed E-state index contributed by atoms with van der Waals surface area (Å²) < 4.78 is 9.28. The number of fused-ring (bicyclic) bond motifs is 8. The number of thiophene rings is 1. The molecule has 0 atom stereocenters. The van der Waals surface area contributed by atoms with Crippen molar-refractivity contribution in [1.82, 2.24) is 4.98 Å². The summed E-state index contributed by atoms with van der Waals surface area (Å²) in [7, 11) is 0. The number of aromatic nitrogens is 1. The van der Waals surface area contributed by atoms with E-state index in [4.69, 9.17) is 9.40 Å². The molecule has 2 aromatic heterocycles. The molecule has 0 radical (unpaired) electrons. The van der Waals surface area contributed by atoms with Crippen LogP contribution < -0.4 is 4.90 Å². The molecule has 0 aliphatic carbocycles. The molecule has 0 N–H and O–H groups in total. The highest BCUT2D eigenvalue weighted by Crippen LogP contribution is 2.44. The highest BCUT2D eigenvalue weighted by molar-refractivity contribution is 7.25. The van der Waals surface area contributed by atoms with Crippen LogP contribution >= 0.6 is 11.3 Å². The average Bonchev–Trinajstić information content (AvgIpc) is 3.77. The quantitative estimate of drug-likeness (QED) is 0.175. The van der Waals surface area contributed by atoms with E-state index in [0.717, 1.165) is 49.9 Å². The van der Waals surface area contributed by atoms with Crippen LogP contribution in [-0.2, 0) is 0 Å². The van der Waals surface area contributed by atoms with Crippen LogP contribution in [0.5, 0.6) is 0 Å². The van der Waals surface area contributed by atoms with Gasteiger partial charge in [0.1, 0.15) is 5.52 Å². The molecule has 0 spiro atoms. The lowest BCUT2D eigenvalue weighted by atomic mass is 9.91. The second-order valence-electron chi connectivity index (χ2n) is 12.4. The van der Waals surface area contributed by atoms with Crippen molar-refractivity contribution < 1.29 is 4.42 Å². The van der Waals surface area contributed by atoms with Gasteiger partial charge in [0.25, 0.3) is 0 Å². The van der Waals surface area contributed by atoms with Gasteiger partial charge in [0.15, 0.2) is 5.58 Å². The fraction of sp³-hybridized carbons (Fsp3) is 0. The molecular formula is C45H28N2OS. The van der Waals surface area contributed by atoms with Crippen LogP contribution in [0.15, 0.2) is 174 Å². The second-order valence-corrected chi connectivity index (χ2v) is 13.5. The maximum absolute atomic E-state index is 6.66. The van der Waals surface area contributed by atoms with E-state index in [2.05, 4.69) is 144 Å². The van der Waals surface area contributed by atoms with Gasteiger partial charge in [-0.3, -0.25) is 0 Å². The zero-order valence-electron chi connectivity index (χ0n) is 26.4. The van der Waals surface area contributed by atoms with Crippen molar-refractivity contribution in [3.8, 4) is 22.6 Å². The first-order valence-electron chi connectivity index (χ1n) is 16.5. The van der Waals surface area contributed by atoms with Crippen molar-refractivity contribution >= 4 is 81.2 Å². The maximum Gasteiger partial charge on any atom is 0.227 e. The first-order valence-corrected chi connectivity index (χ1v) is 17.3. The molecule has 49 heavy (non-hydrogen) atoms. The second kappa shape index (κ2) is 11.2. The van der Waals surface area contributed by atoms with E-state index in [1.165, 1.54) is 36.7 Å². The standard InChI is InChI=1S/C45H28N2OS/c1-4-12-29(13-5-1)45-46-40-24-20-31-27-37(30-21-25-42-38(26-30)36-18-10-11-19-41(36)49-42)35-23-22-34(28-39(35)43(31)44(40)48-45)47(32-14-6-2-7-15-32)33-16-8-3-9-17-33/h1-28H. The lowest BCUT2D eigenvalue weighted by molar-refractivity contribution is 0.623. The van der Waals surface area contributed by atoms with E-state index in [1.54, 1.807) is 0 Å². The molecule has 0 aliphatic rings. The van der Waals surface area contributed by atoms with E-state index >= 15 is 0 Å². The first-order chi connectivity index (χ1) is 24.3. The summed E-state index contributed by atoms with van der Waals surface area (Å²) in [6.45, 7) is 0. The highest BCUT2D eigenvalue weighted by atomic mass is 32.1. The minimum Gasteiger partial charge on any atom is -0.435 e. The Hall–Kier alpha value is -6.23. The van der Waals surface area contributed by atoms with Gasteiger partial charge in [-0.05, 0) is 106 Å². The monoisotopic (exact) mass is 644 g/mol. The van der Waals surface area contributed by atoms with Gasteiger partial charge in [-0.15, -0.1) is 11.3 Å². The molecule has 2 heterocycles. The zero-order chi connectivity index (χ0) is 32.3. The number of hydrogen-bond acceptors (Lipinski definition) is 4. The fourth-order valence-electron chi connectivity index (χ4n) is 7.19. The fourth-order valence-corrected chi connectivity index (χ4v) is 8.28. The number of anilines is 3. The smallest absolute Gasteiger partial charge is 0.227 e. The normalized spacial score (nSPS) is 11.7. The van der Waals surface area contributed by atoms with Crippen molar-refractivity contribution in [2.75, 3.05) is 4.90 Å². The number of para-hydroxylation sites is 2. The molecule has 230 valence electrons. The Morgan fingerprint density at radius 3 is 1.94 bits per heavy atom. The molecule has 0 unspecified atom stereocenters. The van der Waals surface area contributed by atoms with Crippen molar-refractivity contribution in [2.45, 2.75) is 0 Å². The summed E-state index contributed by atoms with van der Waals surface area (Å²) in [5.41, 5.74) is 8.27. The SMILES string of the molecule is c1ccc(-c2nc3ccc4cc(-c5ccc6sc7ccccc7c6c5)c5ccc(N(c6ccccc6)c6ccccc6)cc5c4c3o2)cc1. The number of nitrogens with zero attached hydrogens (tertiary/aromatic N) is 2. The van der Waals surface area contributed by atoms with Gasteiger partial charge in [-0.1, -0.05) is 91.0 Å². The Morgan fingerprint density at radius 2 is 1.16 bits per heavy atom. The largest absolute Gasteiger partial charge is 0.435 e. The van der Waals surface area contributed by atoms with Crippen molar-refractivity contribution in [3.63, 3.8) is 0 Å². The number of rotatable bonds is 5. The van der Waals surface area contributed by atoms with Crippen molar-refractivity contribution in [1.29, 1.82) is 0 Å². The van der Waals surface area contributed by atoms with Crippen LogP contribution in [0, 0.1) is 0 Å². The first kappa shape index (κ1) is 27.8. The summed E-state index contributed by atoms with van der Waals surface area (Å²) >= 11 is 1.85. The Kier molecular flexibility index (Phi) is 6.36. The van der Waals surface area contributed by atoms with Gasteiger partial charge in [0.2, 0.25) is 5.89 Å². The van der Waals surface area contributed by atoms with E-state index in [1.807, 2.05) is 41.7 Å². The third kappa shape index (κ3) is 4.61. The van der Waals surface area contributed by atoms with Gasteiger partial charge in [0.05, 0.1) is 0 Å². The van der Waals surface area contributed by atoms with Gasteiger partial charge in [-0.25, -0.2) is 4.98 Å². The molecule has 3 nitrogen and oxygen atoms in total. The van der Waals surface area contributed by atoms with E-state index < -0.39 is 0 Å². The van der Waals surface area contributed by atoms with Crippen LogP contribution in [0.1, 0.15) is 0 Å². The number of hydrogen-bond donors (Lipinski definition) is 0. The zero-order valence-corrected chi connectivity index (χ0v) is 27.2. The summed E-state index contributed by atoms with van der Waals surface area (Å²) in [5.74, 6) is 0.626. The molecule has 10 aromatic rings. The minimum atomic E-state index is 0.626. The summed E-state index contributed by atoms with van der Waals surface area (Å²) in [6.07, 6.45) is 0. The Balaban J connectivity index is 1.28. The topological polar surface area (TPSA) is 29.3 Å². The average molecular weight is 645 g/mol. The lowest BCUT2D eigenvalue weighted by Gasteiger charge is -2.26. The van der Waals surface area contributed by atoms with Gasteiger partial charge < -0.3 is 9.32 Å². The molecule has 4 heteroatoms. The molecule has 0 saturated heterocycles. The van der Waals surface area contributed by atoms with Crippen LogP contribution in [-0.4, -0.2) is 4.98 Å². The van der Waals surface area contributed by atoms with E-state index in [-0.39, 0.29) is 0 Å². The Bertz CT molecular complexity index is 2780. The summed E-state index contributed by atoms with van der Waals surface area (Å²) in [4.78, 5) is 7.27. The maximum atomic E-state index is 6.66. The van der Waals surface area contributed by atoms with Gasteiger partial charge in [0, 0.05) is 48.2 Å². The molecule has 0 fully saturated rings. The van der Waals surface area contributed by atoms with Gasteiger partial charge in [-0.2, -0.15) is 0 Å². The summed E-state index contributed by atoms with van der Waals surface area (Å²) in [5, 5.41) is 7.07. The number of benzene rings is 8. The van der Waals surface area contributed by atoms with Crippen LogP contribution in [0.4, 0.5) is 17.1 Å². The van der Waals surface area contributed by atoms with Crippen molar-refractivity contribution in [2.24, 2.45) is 0 Å². The van der Waals surface area contributed by atoms with Crippen molar-refractivity contribution in [3.05, 3.63) is 170 Å². The Morgan fingerprint density at radius 1 is 0.469 bits per heavy atom. The molecule has 10 rings (SSSR count). The highest BCUT2D eigenvalue weighted by Gasteiger charge is 2.19. The molecule has 0 aliphatic heterocycles. The molecule has 0 bridgehead atoms. The van der Waals surface area contributed by atoms with Gasteiger partial charge >= 0.3 is 0 Å². The molecular weight excluding hydrogens is 617 g/mol. The van der Waals surface area contributed by atoms with E-state index in [0.29, 0.717) is 5.89 Å².